The van der Waals surface area contributed by atoms with Crippen molar-refractivity contribution in [1.82, 2.24) is 4.57 Å². The van der Waals surface area contributed by atoms with Crippen LogP contribution in [-0.4, -0.2) is 20.6 Å². The normalized spacial score (nSPS) is 10.2. The van der Waals surface area contributed by atoms with Crippen molar-refractivity contribution in [1.29, 1.82) is 5.41 Å². The number of nitrogens with zero attached hydrogens (tertiary/aromatic N) is 1. The fraction of sp³-hybridized carbons (Fsp3) is 0.0769. The molecule has 0 bridgehead atoms. The Morgan fingerprint density at radius 3 is 2.61 bits per heavy atom. The second-order valence-corrected chi connectivity index (χ2v) is 3.84. The van der Waals surface area contributed by atoms with Crippen LogP contribution in [0.3, 0.4) is 0 Å². The average molecular weight is 244 g/mol. The Bertz CT molecular complexity index is 647. The summed E-state index contributed by atoms with van der Waals surface area (Å²) in [4.78, 5) is 11.9. The first-order valence-corrected chi connectivity index (χ1v) is 5.33. The van der Waals surface area contributed by atoms with Gasteiger partial charge in [0, 0.05) is 11.8 Å². The molecule has 5 heteroatoms. The zero-order valence-corrected chi connectivity index (χ0v) is 9.50. The summed E-state index contributed by atoms with van der Waals surface area (Å²) in [5, 5.41) is 26.1. The molecule has 0 aliphatic rings. The van der Waals surface area contributed by atoms with E-state index in [1.165, 1.54) is 22.8 Å². The van der Waals surface area contributed by atoms with Crippen LogP contribution in [0.2, 0.25) is 0 Å². The largest absolute Gasteiger partial charge is 0.504 e. The lowest BCUT2D eigenvalue weighted by Crippen LogP contribution is -2.22. The van der Waals surface area contributed by atoms with Gasteiger partial charge in [0.15, 0.2) is 17.3 Å². The molecule has 1 heterocycles. The number of hydrogen-bond donors (Lipinski definition) is 3. The fourth-order valence-corrected chi connectivity index (χ4v) is 1.56. The fourth-order valence-electron chi connectivity index (χ4n) is 1.56. The smallest absolute Gasteiger partial charge is 0.182 e. The molecule has 0 spiro atoms. The van der Waals surface area contributed by atoms with Gasteiger partial charge in [-0.3, -0.25) is 10.2 Å². The Morgan fingerprint density at radius 1 is 1.17 bits per heavy atom. The highest BCUT2D eigenvalue weighted by atomic mass is 16.3. The number of phenols is 2. The van der Waals surface area contributed by atoms with Crippen molar-refractivity contribution >= 4 is 5.78 Å². The number of phenolic OH excluding ortho intramolecular Hbond substituents is 2. The van der Waals surface area contributed by atoms with E-state index in [1.54, 1.807) is 24.4 Å². The Labute approximate surface area is 103 Å². The lowest BCUT2D eigenvalue weighted by Gasteiger charge is -2.06. The van der Waals surface area contributed by atoms with E-state index in [0.717, 1.165) is 0 Å². The zero-order valence-electron chi connectivity index (χ0n) is 9.50. The molecular formula is C13H12N2O3. The first-order chi connectivity index (χ1) is 8.58. The summed E-state index contributed by atoms with van der Waals surface area (Å²) in [5.74, 6) is -0.833. The minimum atomic E-state index is -0.329. The molecule has 1 aromatic carbocycles. The molecule has 92 valence electrons. The van der Waals surface area contributed by atoms with Crippen LogP contribution in [-0.2, 0) is 6.54 Å². The van der Waals surface area contributed by atoms with Crippen molar-refractivity contribution in [2.45, 2.75) is 6.54 Å². The highest BCUT2D eigenvalue weighted by Crippen LogP contribution is 2.25. The molecule has 5 nitrogen and oxygen atoms in total. The second kappa shape index (κ2) is 4.75. The predicted octanol–water partition coefficient (Wildman–Crippen LogP) is 1.26. The molecule has 0 aliphatic heterocycles. The van der Waals surface area contributed by atoms with E-state index in [0.29, 0.717) is 5.56 Å². The standard InChI is InChI=1S/C13H12N2O3/c14-13-3-1-2-6-15(13)8-12(18)9-4-5-10(16)11(17)7-9/h1-7,14,16-17H,8H2. The van der Waals surface area contributed by atoms with Crippen LogP contribution in [0.15, 0.2) is 42.6 Å². The van der Waals surface area contributed by atoms with Crippen LogP contribution in [0.1, 0.15) is 10.4 Å². The third-order valence-corrected chi connectivity index (χ3v) is 2.55. The van der Waals surface area contributed by atoms with Gasteiger partial charge in [0.05, 0.1) is 6.54 Å². The van der Waals surface area contributed by atoms with Crippen LogP contribution in [0.5, 0.6) is 11.5 Å². The predicted molar refractivity (Wildman–Crippen MR) is 64.4 cm³/mol. The maximum atomic E-state index is 11.9. The number of hydrogen-bond acceptors (Lipinski definition) is 4. The molecule has 0 atom stereocenters. The van der Waals surface area contributed by atoms with Gasteiger partial charge in [-0.1, -0.05) is 6.07 Å². The quantitative estimate of drug-likeness (QED) is 0.561. The maximum Gasteiger partial charge on any atom is 0.182 e. The molecule has 0 aliphatic carbocycles. The highest BCUT2D eigenvalue weighted by molar-refractivity contribution is 5.96. The molecule has 2 rings (SSSR count). The van der Waals surface area contributed by atoms with Crippen LogP contribution >= 0.6 is 0 Å². The van der Waals surface area contributed by atoms with E-state index < -0.39 is 0 Å². The van der Waals surface area contributed by atoms with Crippen LogP contribution in [0.25, 0.3) is 0 Å². The molecule has 0 unspecified atom stereocenters. The monoisotopic (exact) mass is 244 g/mol. The number of pyridine rings is 1. The summed E-state index contributed by atoms with van der Waals surface area (Å²) in [5.41, 5.74) is 0.523. The summed E-state index contributed by atoms with van der Waals surface area (Å²) >= 11 is 0. The van der Waals surface area contributed by atoms with Crippen LogP contribution in [0, 0.1) is 5.41 Å². The van der Waals surface area contributed by atoms with Gasteiger partial charge in [-0.05, 0) is 30.3 Å². The summed E-state index contributed by atoms with van der Waals surface area (Å²) in [6.07, 6.45) is 1.64. The van der Waals surface area contributed by atoms with Crippen molar-refractivity contribution < 1.29 is 15.0 Å². The number of aromatic nitrogens is 1. The molecule has 18 heavy (non-hydrogen) atoms. The zero-order chi connectivity index (χ0) is 13.1. The van der Waals surface area contributed by atoms with Crippen molar-refractivity contribution in [2.24, 2.45) is 0 Å². The van der Waals surface area contributed by atoms with Crippen LogP contribution < -0.4 is 5.49 Å². The van der Waals surface area contributed by atoms with E-state index in [4.69, 9.17) is 10.5 Å². The number of ketones is 1. The van der Waals surface area contributed by atoms with Gasteiger partial charge in [0.1, 0.15) is 5.49 Å². The lowest BCUT2D eigenvalue weighted by atomic mass is 10.1. The third kappa shape index (κ3) is 2.40. The van der Waals surface area contributed by atoms with E-state index in [-0.39, 0.29) is 29.3 Å². The van der Waals surface area contributed by atoms with Crippen LogP contribution in [0.4, 0.5) is 0 Å². The van der Waals surface area contributed by atoms with Crippen molar-refractivity contribution in [3.8, 4) is 11.5 Å². The number of benzene rings is 1. The van der Waals surface area contributed by atoms with Gasteiger partial charge < -0.3 is 14.8 Å². The summed E-state index contributed by atoms with van der Waals surface area (Å²) in [7, 11) is 0. The molecule has 0 fully saturated rings. The topological polar surface area (TPSA) is 86.3 Å². The summed E-state index contributed by atoms with van der Waals surface area (Å²) in [6.45, 7) is 0.0177. The molecular weight excluding hydrogens is 232 g/mol. The van der Waals surface area contributed by atoms with E-state index >= 15 is 0 Å². The van der Waals surface area contributed by atoms with Crippen molar-refractivity contribution in [2.75, 3.05) is 0 Å². The minimum absolute atomic E-state index is 0.0177. The van der Waals surface area contributed by atoms with E-state index in [1.807, 2.05) is 0 Å². The number of nitrogens with one attached hydrogen (secondary N) is 1. The minimum Gasteiger partial charge on any atom is -0.504 e. The highest BCUT2D eigenvalue weighted by Gasteiger charge is 2.09. The lowest BCUT2D eigenvalue weighted by molar-refractivity contribution is 0.0970. The molecule has 0 amide bonds. The Morgan fingerprint density at radius 2 is 1.94 bits per heavy atom. The third-order valence-electron chi connectivity index (χ3n) is 2.55. The van der Waals surface area contributed by atoms with Gasteiger partial charge in [0.2, 0.25) is 0 Å². The number of aromatic hydroxyl groups is 2. The molecule has 0 saturated heterocycles. The molecule has 0 saturated carbocycles. The number of Topliss-reactive ketones (excluding diaryl/α,β-unsaturated/α-hetero) is 1. The number of carbonyl (C=O) groups excluding carboxylic acids is 1. The van der Waals surface area contributed by atoms with E-state index in [9.17, 15) is 9.90 Å². The first-order valence-electron chi connectivity index (χ1n) is 5.33. The number of rotatable bonds is 3. The second-order valence-electron chi connectivity index (χ2n) is 3.84. The van der Waals surface area contributed by atoms with Crippen molar-refractivity contribution in [3.05, 3.63) is 53.6 Å². The maximum absolute atomic E-state index is 11.9. The van der Waals surface area contributed by atoms with Gasteiger partial charge >= 0.3 is 0 Å². The van der Waals surface area contributed by atoms with Gasteiger partial charge in [-0.15, -0.1) is 0 Å². The number of carbonyl (C=O) groups is 1. The Balaban J connectivity index is 2.25. The Hall–Kier alpha value is -2.56. The SMILES string of the molecule is N=c1ccccn1CC(=O)c1ccc(O)c(O)c1. The Kier molecular flexibility index (Phi) is 3.14. The van der Waals surface area contributed by atoms with Gasteiger partial charge in [-0.25, -0.2) is 0 Å². The molecule has 3 N–H and O–H groups in total. The van der Waals surface area contributed by atoms with E-state index in [2.05, 4.69) is 0 Å². The average Bonchev–Trinajstić information content (AvgIpc) is 2.35. The molecule has 0 radical (unpaired) electrons. The molecule has 2 aromatic rings. The van der Waals surface area contributed by atoms with Gasteiger partial charge in [0.25, 0.3) is 0 Å². The van der Waals surface area contributed by atoms with Gasteiger partial charge in [-0.2, -0.15) is 0 Å². The van der Waals surface area contributed by atoms with Crippen molar-refractivity contribution in [3.63, 3.8) is 0 Å². The summed E-state index contributed by atoms with van der Waals surface area (Å²) in [6, 6.07) is 8.95. The summed E-state index contributed by atoms with van der Waals surface area (Å²) < 4.78 is 1.49. The molecule has 1 aromatic heterocycles. The first kappa shape index (κ1) is 11.9.